The van der Waals surface area contributed by atoms with E-state index in [1.165, 1.54) is 25.3 Å². The van der Waals surface area contributed by atoms with E-state index in [1.807, 2.05) is 5.32 Å². The Morgan fingerprint density at radius 3 is 1.97 bits per heavy atom. The highest BCUT2D eigenvalue weighted by molar-refractivity contribution is 7.89. The number of hydrogen-bond acceptors (Lipinski definition) is 4. The molecule has 0 heterocycles. The number of carbonyl (C=O) groups is 1. The minimum atomic E-state index is -5.13. The van der Waals surface area contributed by atoms with Crippen LogP contribution in [0.2, 0.25) is 0 Å². The zero-order chi connectivity index (χ0) is 28.3. The Labute approximate surface area is 214 Å². The molecule has 0 aliphatic carbocycles. The van der Waals surface area contributed by atoms with Crippen LogP contribution in [0.3, 0.4) is 0 Å². The zero-order valence-electron chi connectivity index (χ0n) is 19.9. The monoisotopic (exact) mass is 560 g/mol. The lowest BCUT2D eigenvalue weighted by atomic mass is 10.1. The minimum absolute atomic E-state index is 0.0776. The lowest BCUT2D eigenvalue weighted by molar-refractivity contribution is -0.143. The second-order valence-electron chi connectivity index (χ2n) is 8.28. The Balaban J connectivity index is 1.98. The topological polar surface area (TPSA) is 84.5 Å². The van der Waals surface area contributed by atoms with Crippen molar-refractivity contribution < 1.29 is 44.3 Å². The van der Waals surface area contributed by atoms with Crippen molar-refractivity contribution in [3.63, 3.8) is 0 Å². The lowest BCUT2D eigenvalue weighted by Gasteiger charge is -2.20. The van der Waals surface area contributed by atoms with Crippen molar-refractivity contribution in [3.8, 4) is 5.75 Å². The van der Waals surface area contributed by atoms with Crippen LogP contribution in [0.1, 0.15) is 22.3 Å². The number of methoxy groups -OCH3 is 1. The van der Waals surface area contributed by atoms with Gasteiger partial charge in [-0.2, -0.15) is 31.1 Å². The first-order valence-corrected chi connectivity index (χ1v) is 12.4. The quantitative estimate of drug-likeness (QED) is 0.353. The van der Waals surface area contributed by atoms with Gasteiger partial charge in [-0.05, 0) is 60.9 Å². The Hall–Kier alpha value is -3.58. The number of hydrogen-bond donors (Lipinski definition) is 2. The molecule has 0 spiro atoms. The first-order valence-electron chi connectivity index (χ1n) is 10.9. The van der Waals surface area contributed by atoms with Gasteiger partial charge in [0.1, 0.15) is 11.8 Å². The number of ether oxygens (including phenoxy) is 1. The second kappa shape index (κ2) is 11.0. The first-order chi connectivity index (χ1) is 17.6. The minimum Gasteiger partial charge on any atom is -0.496 e. The van der Waals surface area contributed by atoms with Crippen LogP contribution >= 0.6 is 0 Å². The molecular formula is C25H22F6N2O4S. The molecule has 0 fully saturated rings. The third-order valence-corrected chi connectivity index (χ3v) is 6.90. The van der Waals surface area contributed by atoms with Gasteiger partial charge in [0, 0.05) is 5.69 Å². The van der Waals surface area contributed by atoms with E-state index in [0.717, 1.165) is 0 Å². The van der Waals surface area contributed by atoms with E-state index in [1.54, 1.807) is 37.3 Å². The van der Waals surface area contributed by atoms with Crippen LogP contribution in [-0.2, 0) is 33.6 Å². The summed E-state index contributed by atoms with van der Waals surface area (Å²) in [4.78, 5) is 12.9. The molecule has 3 aromatic carbocycles. The molecule has 2 N–H and O–H groups in total. The Kier molecular flexibility index (Phi) is 8.42. The normalized spacial score (nSPS) is 13.2. The van der Waals surface area contributed by atoms with Gasteiger partial charge >= 0.3 is 12.4 Å². The molecule has 0 aromatic heterocycles. The van der Waals surface area contributed by atoms with Crippen molar-refractivity contribution >= 4 is 21.6 Å². The van der Waals surface area contributed by atoms with Crippen molar-refractivity contribution in [2.45, 2.75) is 36.6 Å². The third-order valence-electron chi connectivity index (χ3n) is 5.43. The average molecular weight is 561 g/mol. The molecule has 0 bridgehead atoms. The van der Waals surface area contributed by atoms with E-state index in [9.17, 15) is 39.6 Å². The Morgan fingerprint density at radius 2 is 1.47 bits per heavy atom. The molecule has 3 rings (SSSR count). The van der Waals surface area contributed by atoms with Gasteiger partial charge < -0.3 is 10.1 Å². The summed E-state index contributed by atoms with van der Waals surface area (Å²) in [6, 6.07) is 11.0. The zero-order valence-corrected chi connectivity index (χ0v) is 20.8. The summed E-state index contributed by atoms with van der Waals surface area (Å²) in [6.07, 6.45) is -10.5. The molecule has 0 aliphatic heterocycles. The van der Waals surface area contributed by atoms with Gasteiger partial charge in [0.2, 0.25) is 15.9 Å². The smallest absolute Gasteiger partial charge is 0.416 e. The van der Waals surface area contributed by atoms with Crippen molar-refractivity contribution in [1.82, 2.24) is 4.72 Å². The van der Waals surface area contributed by atoms with E-state index in [4.69, 9.17) is 4.74 Å². The average Bonchev–Trinajstić information content (AvgIpc) is 2.82. The molecule has 0 saturated carbocycles. The first kappa shape index (κ1) is 29.0. The maximum Gasteiger partial charge on any atom is 0.416 e. The van der Waals surface area contributed by atoms with E-state index in [-0.39, 0.29) is 17.4 Å². The van der Waals surface area contributed by atoms with E-state index in [2.05, 4.69) is 4.72 Å². The number of sulfonamides is 1. The summed E-state index contributed by atoms with van der Waals surface area (Å²) in [5.41, 5.74) is -3.09. The summed E-state index contributed by atoms with van der Waals surface area (Å²) >= 11 is 0. The van der Waals surface area contributed by atoms with Gasteiger partial charge in [0.15, 0.2) is 0 Å². The molecule has 0 radical (unpaired) electrons. The van der Waals surface area contributed by atoms with Crippen molar-refractivity contribution in [2.75, 3.05) is 12.4 Å². The van der Waals surface area contributed by atoms with Gasteiger partial charge in [0.25, 0.3) is 0 Å². The van der Waals surface area contributed by atoms with Gasteiger partial charge in [-0.25, -0.2) is 8.42 Å². The van der Waals surface area contributed by atoms with E-state index < -0.39 is 51.1 Å². The molecule has 1 atom stereocenters. The van der Waals surface area contributed by atoms with Gasteiger partial charge in [-0.1, -0.05) is 30.3 Å². The van der Waals surface area contributed by atoms with Crippen molar-refractivity contribution in [1.29, 1.82) is 0 Å². The van der Waals surface area contributed by atoms with Crippen LogP contribution < -0.4 is 14.8 Å². The molecule has 6 nitrogen and oxygen atoms in total. The Bertz CT molecular complexity index is 1380. The number of nitrogens with one attached hydrogen (secondary N) is 2. The van der Waals surface area contributed by atoms with Gasteiger partial charge in [0.05, 0.1) is 23.1 Å². The molecule has 1 amide bonds. The molecule has 3 aromatic rings. The summed E-state index contributed by atoms with van der Waals surface area (Å²) < 4.78 is 113. The number of halogens is 6. The highest BCUT2D eigenvalue weighted by Crippen LogP contribution is 2.37. The molecular weight excluding hydrogens is 538 g/mol. The van der Waals surface area contributed by atoms with Crippen LogP contribution in [0.25, 0.3) is 0 Å². The van der Waals surface area contributed by atoms with Crippen LogP contribution in [0.4, 0.5) is 32.0 Å². The molecule has 13 heteroatoms. The maximum absolute atomic E-state index is 13.2. The second-order valence-corrected chi connectivity index (χ2v) is 9.99. The Morgan fingerprint density at radius 1 is 0.895 bits per heavy atom. The number of benzene rings is 3. The van der Waals surface area contributed by atoms with E-state index in [0.29, 0.717) is 29.0 Å². The van der Waals surface area contributed by atoms with E-state index >= 15 is 0 Å². The van der Waals surface area contributed by atoms with Crippen LogP contribution in [0.15, 0.2) is 71.6 Å². The molecule has 38 heavy (non-hydrogen) atoms. The van der Waals surface area contributed by atoms with Gasteiger partial charge in [-0.3, -0.25) is 4.79 Å². The summed E-state index contributed by atoms with van der Waals surface area (Å²) in [7, 11) is -2.96. The SMILES string of the molecule is COc1ccc(S(=O)(=O)N[C@H](Cc2ccccc2)C(=O)Nc2cc(C(F)(F)F)cc(C(F)(F)F)c2)cc1C. The molecule has 0 unspecified atom stereocenters. The molecule has 204 valence electrons. The number of aryl methyl sites for hydroxylation is 1. The summed E-state index contributed by atoms with van der Waals surface area (Å²) in [5.74, 6) is -0.748. The summed E-state index contributed by atoms with van der Waals surface area (Å²) in [5, 5.41) is 2.01. The fourth-order valence-electron chi connectivity index (χ4n) is 3.57. The molecule has 0 saturated heterocycles. The number of amides is 1. The van der Waals surface area contributed by atoms with Crippen LogP contribution in [0, 0.1) is 6.92 Å². The lowest BCUT2D eigenvalue weighted by Crippen LogP contribution is -2.45. The molecule has 0 aliphatic rings. The van der Waals surface area contributed by atoms with Crippen LogP contribution in [-0.4, -0.2) is 27.5 Å². The number of carbonyl (C=O) groups excluding carboxylic acids is 1. The highest BCUT2D eigenvalue weighted by atomic mass is 32.2. The maximum atomic E-state index is 13.2. The number of rotatable bonds is 8. The third kappa shape index (κ3) is 7.25. The number of anilines is 1. The predicted octanol–water partition coefficient (Wildman–Crippen LogP) is 5.57. The fourth-order valence-corrected chi connectivity index (χ4v) is 4.85. The number of alkyl halides is 6. The predicted molar refractivity (Wildman–Crippen MR) is 127 cm³/mol. The fraction of sp³-hybridized carbons (Fsp3) is 0.240. The standard InChI is InChI=1S/C25H22F6N2O4S/c1-15-10-20(8-9-22(15)37-2)38(35,36)33-21(11-16-6-4-3-5-7-16)23(34)32-19-13-17(24(26,27)28)12-18(14-19)25(29,30)31/h3-10,12-14,21,33H,11H2,1-2H3,(H,32,34)/t21-/m1/s1. The largest absolute Gasteiger partial charge is 0.496 e. The van der Waals surface area contributed by atoms with Gasteiger partial charge in [-0.15, -0.1) is 0 Å². The van der Waals surface area contributed by atoms with Crippen LogP contribution in [0.5, 0.6) is 5.75 Å². The highest BCUT2D eigenvalue weighted by Gasteiger charge is 2.37. The van der Waals surface area contributed by atoms with Crippen molar-refractivity contribution in [2.24, 2.45) is 0 Å². The summed E-state index contributed by atoms with van der Waals surface area (Å²) in [6.45, 7) is 1.60. The van der Waals surface area contributed by atoms with Crippen molar-refractivity contribution in [3.05, 3.63) is 89.0 Å².